The molecule has 0 atom stereocenters. The molecule has 0 amide bonds. The van der Waals surface area contributed by atoms with Crippen LogP contribution in [0.4, 0.5) is 0 Å². The van der Waals surface area contributed by atoms with Gasteiger partial charge in [0, 0.05) is 0 Å². The maximum atomic E-state index is 5.96. The first kappa shape index (κ1) is 32.7. The molecule has 0 fully saturated rings. The number of hydrogen-bond donors (Lipinski definition) is 0. The Hall–Kier alpha value is -4.20. The summed E-state index contributed by atoms with van der Waals surface area (Å²) in [4.78, 5) is 0. The molecule has 0 heterocycles. The van der Waals surface area contributed by atoms with E-state index in [-0.39, 0.29) is 16.2 Å². The Bertz CT molecular complexity index is 1520. The Balaban J connectivity index is 1.98. The molecule has 44 heavy (non-hydrogen) atoms. The topological polar surface area (TPSA) is 9.23 Å². The van der Waals surface area contributed by atoms with E-state index in [0.29, 0.717) is 6.61 Å². The van der Waals surface area contributed by atoms with Gasteiger partial charge in [-0.3, -0.25) is 0 Å². The molecule has 226 valence electrons. The first-order valence-electron chi connectivity index (χ1n) is 15.6. The molecule has 1 heteroatoms. The van der Waals surface area contributed by atoms with Crippen LogP contribution in [0.3, 0.4) is 0 Å². The van der Waals surface area contributed by atoms with E-state index in [1.807, 2.05) is 0 Å². The summed E-state index contributed by atoms with van der Waals surface area (Å²) in [6.07, 6.45) is 0. The van der Waals surface area contributed by atoms with Crippen molar-refractivity contribution in [2.75, 3.05) is 6.61 Å². The lowest BCUT2D eigenvalue weighted by Crippen LogP contribution is -2.31. The standard InChI is InChI=1S/C43H48O/c1-11-12-13-14-31-44-39-29-27-38(28-30-39)43(35-21-15-32(16-22-35)40(2,3)4,36-23-17-33(18-24-36)41(5,6)7)37-25-19-34(20-26-37)42(8,9)10/h15-30H,31H2,1-10H3. The van der Waals surface area contributed by atoms with Crippen molar-refractivity contribution in [2.45, 2.75) is 90.9 Å². The molecule has 0 aromatic heterocycles. The SMILES string of the molecule is CC#CC#CCOc1ccc(C(c2ccc(C(C)(C)C)cc2)(c2ccc(C(C)(C)C)cc2)c2ccc(C(C)(C)C)cc2)cc1. The van der Waals surface area contributed by atoms with Crippen LogP contribution in [0.15, 0.2) is 97.1 Å². The van der Waals surface area contributed by atoms with Gasteiger partial charge in [0.1, 0.15) is 12.4 Å². The molecule has 4 aromatic carbocycles. The van der Waals surface area contributed by atoms with E-state index in [1.54, 1.807) is 6.92 Å². The number of hydrogen-bond acceptors (Lipinski definition) is 1. The van der Waals surface area contributed by atoms with E-state index in [1.165, 1.54) is 38.9 Å². The van der Waals surface area contributed by atoms with Gasteiger partial charge in [-0.15, -0.1) is 0 Å². The van der Waals surface area contributed by atoms with Gasteiger partial charge in [0.2, 0.25) is 0 Å². The Morgan fingerprint density at radius 2 is 0.727 bits per heavy atom. The minimum absolute atomic E-state index is 0.0640. The lowest BCUT2D eigenvalue weighted by molar-refractivity contribution is 0.370. The van der Waals surface area contributed by atoms with Crippen molar-refractivity contribution in [2.24, 2.45) is 0 Å². The molecule has 0 N–H and O–H groups in total. The lowest BCUT2D eigenvalue weighted by Gasteiger charge is -2.38. The molecular formula is C43H48O. The van der Waals surface area contributed by atoms with Crippen LogP contribution in [0, 0.1) is 23.7 Å². The highest BCUT2D eigenvalue weighted by atomic mass is 16.5. The first-order valence-corrected chi connectivity index (χ1v) is 15.6. The minimum atomic E-state index is -0.543. The second-order valence-corrected chi connectivity index (χ2v) is 14.7. The maximum absolute atomic E-state index is 5.96. The van der Waals surface area contributed by atoms with E-state index in [2.05, 4.69) is 183 Å². The van der Waals surface area contributed by atoms with Crippen molar-refractivity contribution < 1.29 is 4.74 Å². The van der Waals surface area contributed by atoms with Crippen LogP contribution in [0.2, 0.25) is 0 Å². The predicted molar refractivity (Wildman–Crippen MR) is 188 cm³/mol. The molecule has 4 rings (SSSR count). The van der Waals surface area contributed by atoms with Crippen LogP contribution < -0.4 is 4.74 Å². The van der Waals surface area contributed by atoms with Crippen LogP contribution in [0.5, 0.6) is 5.75 Å². The van der Waals surface area contributed by atoms with Crippen LogP contribution in [0.1, 0.15) is 108 Å². The third-order valence-electron chi connectivity index (χ3n) is 8.43. The molecule has 0 saturated heterocycles. The molecule has 0 aliphatic rings. The summed E-state index contributed by atoms with van der Waals surface area (Å²) in [5, 5.41) is 0. The predicted octanol–water partition coefficient (Wildman–Crippen LogP) is 10.4. The van der Waals surface area contributed by atoms with Crippen molar-refractivity contribution in [1.29, 1.82) is 0 Å². The fourth-order valence-corrected chi connectivity index (χ4v) is 5.72. The van der Waals surface area contributed by atoms with E-state index in [9.17, 15) is 0 Å². The van der Waals surface area contributed by atoms with Crippen molar-refractivity contribution in [3.63, 3.8) is 0 Å². The molecule has 0 spiro atoms. The molecule has 0 saturated carbocycles. The quantitative estimate of drug-likeness (QED) is 0.163. The zero-order valence-corrected chi connectivity index (χ0v) is 28.4. The molecular weight excluding hydrogens is 532 g/mol. The van der Waals surface area contributed by atoms with Gasteiger partial charge in [0.15, 0.2) is 0 Å². The average Bonchev–Trinajstić information content (AvgIpc) is 2.98. The second kappa shape index (κ2) is 12.8. The summed E-state index contributed by atoms with van der Waals surface area (Å²) < 4.78 is 5.96. The molecule has 1 nitrogen and oxygen atoms in total. The van der Waals surface area contributed by atoms with Gasteiger partial charge in [0.05, 0.1) is 5.41 Å². The molecule has 0 bridgehead atoms. The van der Waals surface area contributed by atoms with Gasteiger partial charge >= 0.3 is 0 Å². The molecule has 0 unspecified atom stereocenters. The molecule has 0 radical (unpaired) electrons. The Morgan fingerprint density at radius 3 is 1.02 bits per heavy atom. The molecule has 4 aromatic rings. The van der Waals surface area contributed by atoms with E-state index in [0.717, 1.165) is 5.75 Å². The number of ether oxygens (including phenoxy) is 1. The smallest absolute Gasteiger partial charge is 0.150 e. The third-order valence-corrected chi connectivity index (χ3v) is 8.43. The van der Waals surface area contributed by atoms with Crippen LogP contribution in [-0.2, 0) is 21.7 Å². The summed E-state index contributed by atoms with van der Waals surface area (Å²) in [6, 6.07) is 36.3. The van der Waals surface area contributed by atoms with Crippen molar-refractivity contribution in [1.82, 2.24) is 0 Å². The lowest BCUT2D eigenvalue weighted by atomic mass is 9.64. The third kappa shape index (κ3) is 7.12. The van der Waals surface area contributed by atoms with Crippen LogP contribution in [0.25, 0.3) is 0 Å². The summed E-state index contributed by atoms with van der Waals surface area (Å²) in [5.74, 6) is 12.1. The minimum Gasteiger partial charge on any atom is -0.481 e. The van der Waals surface area contributed by atoms with E-state index < -0.39 is 5.41 Å². The number of rotatable bonds is 6. The van der Waals surface area contributed by atoms with Crippen molar-refractivity contribution in [3.8, 4) is 29.4 Å². The molecule has 0 aliphatic carbocycles. The highest BCUT2D eigenvalue weighted by Gasteiger charge is 2.39. The maximum Gasteiger partial charge on any atom is 0.150 e. The second-order valence-electron chi connectivity index (χ2n) is 14.7. The normalized spacial score (nSPS) is 12.0. The van der Waals surface area contributed by atoms with Crippen LogP contribution >= 0.6 is 0 Å². The number of benzene rings is 4. The largest absolute Gasteiger partial charge is 0.481 e. The highest BCUT2D eigenvalue weighted by molar-refractivity contribution is 5.61. The van der Waals surface area contributed by atoms with E-state index in [4.69, 9.17) is 4.74 Å². The summed E-state index contributed by atoms with van der Waals surface area (Å²) in [6.45, 7) is 22.5. The van der Waals surface area contributed by atoms with Gasteiger partial charge in [-0.05, 0) is 92.0 Å². The highest BCUT2D eigenvalue weighted by Crippen LogP contribution is 2.47. The van der Waals surface area contributed by atoms with Gasteiger partial charge in [-0.2, -0.15) is 0 Å². The Kier molecular flexibility index (Phi) is 9.52. The Labute approximate surface area is 267 Å². The first-order chi connectivity index (χ1) is 20.7. The van der Waals surface area contributed by atoms with Crippen molar-refractivity contribution in [3.05, 3.63) is 136 Å². The van der Waals surface area contributed by atoms with Gasteiger partial charge in [0.25, 0.3) is 0 Å². The monoisotopic (exact) mass is 580 g/mol. The fourth-order valence-electron chi connectivity index (χ4n) is 5.72. The Morgan fingerprint density at radius 1 is 0.432 bits per heavy atom. The van der Waals surface area contributed by atoms with E-state index >= 15 is 0 Å². The summed E-state index contributed by atoms with van der Waals surface area (Å²) in [7, 11) is 0. The van der Waals surface area contributed by atoms with Gasteiger partial charge in [-0.25, -0.2) is 0 Å². The van der Waals surface area contributed by atoms with Crippen LogP contribution in [-0.4, -0.2) is 6.61 Å². The molecule has 0 aliphatic heterocycles. The summed E-state index contributed by atoms with van der Waals surface area (Å²) >= 11 is 0. The van der Waals surface area contributed by atoms with Crippen molar-refractivity contribution >= 4 is 0 Å². The summed E-state index contributed by atoms with van der Waals surface area (Å²) in [5.41, 5.74) is 8.48. The zero-order chi connectivity index (χ0) is 32.2. The van der Waals surface area contributed by atoms with Gasteiger partial charge in [-0.1, -0.05) is 153 Å². The fraction of sp³-hybridized carbons (Fsp3) is 0.349. The van der Waals surface area contributed by atoms with Gasteiger partial charge < -0.3 is 4.74 Å². The average molecular weight is 581 g/mol. The zero-order valence-electron chi connectivity index (χ0n) is 28.4.